The van der Waals surface area contributed by atoms with Crippen molar-refractivity contribution in [3.05, 3.63) is 0 Å². The van der Waals surface area contributed by atoms with Gasteiger partial charge in [-0.25, -0.2) is 0 Å². The first-order valence-electron chi connectivity index (χ1n) is 8.62. The van der Waals surface area contributed by atoms with Gasteiger partial charge in [0.25, 0.3) is 0 Å². The molecule has 4 atom stereocenters. The third-order valence-electron chi connectivity index (χ3n) is 1.53. The van der Waals surface area contributed by atoms with Gasteiger partial charge in [0.2, 0.25) is 0 Å². The Hall–Kier alpha value is -1.97. The summed E-state index contributed by atoms with van der Waals surface area (Å²) in [5.41, 5.74) is 0. The Morgan fingerprint density at radius 2 is 0.595 bits per heavy atom. The van der Waals surface area contributed by atoms with Crippen molar-refractivity contribution in [3.63, 3.8) is 0 Å². The summed E-state index contributed by atoms with van der Waals surface area (Å²) in [7, 11) is -10.1. The van der Waals surface area contributed by atoms with Crippen molar-refractivity contribution in [1.82, 2.24) is 0 Å². The van der Waals surface area contributed by atoms with E-state index in [9.17, 15) is 57.9 Å². The van der Waals surface area contributed by atoms with E-state index in [0.29, 0.717) is 0 Å². The molecule has 0 amide bonds. The molecule has 0 rings (SSSR count). The van der Waals surface area contributed by atoms with Crippen LogP contribution in [0.2, 0.25) is 0 Å². The minimum atomic E-state index is -2.53. The summed E-state index contributed by atoms with van der Waals surface area (Å²) < 4.78 is 71.8. The Labute approximate surface area is 227 Å². The van der Waals surface area contributed by atoms with Crippen molar-refractivity contribution in [1.29, 1.82) is 0 Å². The summed E-state index contributed by atoms with van der Waals surface area (Å²) in [6, 6.07) is 0. The molecule has 0 aliphatic heterocycles. The molecule has 37 heavy (non-hydrogen) atoms. The number of carboxylic acid groups (broad SMARTS) is 4. The maximum absolute atomic E-state index is 10.1. The van der Waals surface area contributed by atoms with Gasteiger partial charge in [-0.3, -0.25) is 18.1 Å². The van der Waals surface area contributed by atoms with Gasteiger partial charge in [0.15, 0.2) is 0 Å². The summed E-state index contributed by atoms with van der Waals surface area (Å²) in [5, 5.41) is 37.9. The van der Waals surface area contributed by atoms with Gasteiger partial charge in [-0.1, -0.05) is 0 Å². The average Bonchev–Trinajstić information content (AvgIpc) is 2.68. The van der Waals surface area contributed by atoms with Crippen LogP contribution in [0.5, 0.6) is 0 Å². The van der Waals surface area contributed by atoms with Crippen molar-refractivity contribution >= 4 is 57.6 Å². The first-order chi connectivity index (χ1) is 16.7. The fourth-order valence-corrected chi connectivity index (χ4v) is 2.31. The number of hydrogen-bond acceptors (Lipinski definition) is 20. The van der Waals surface area contributed by atoms with Gasteiger partial charge in [-0.2, -0.15) is 0 Å². The van der Waals surface area contributed by atoms with E-state index in [0.717, 1.165) is 0 Å². The number of hydrogen-bond donors (Lipinski definition) is 0. The summed E-state index contributed by atoms with van der Waals surface area (Å²) in [5.74, 6) is 0. The fourth-order valence-electron chi connectivity index (χ4n) is 0.770. The average molecular weight is 656 g/mol. The Kier molecular flexibility index (Phi) is 39.0. The zero-order valence-electron chi connectivity index (χ0n) is 19.3. The molecule has 0 aromatic heterocycles. The Morgan fingerprint density at radius 1 is 0.459 bits per heavy atom. The third-order valence-corrected chi connectivity index (χ3v) is 4.60. The molecule has 0 radical (unpaired) electrons. The molecule has 0 aromatic carbocycles. The summed E-state index contributed by atoms with van der Waals surface area (Å²) in [6.07, 6.45) is -7.37. The van der Waals surface area contributed by atoms with Crippen LogP contribution in [0.4, 0.5) is 19.2 Å². The van der Waals surface area contributed by atoms with Crippen LogP contribution >= 0.6 is 33.0 Å². The standard InChI is InChI=1S/4C3H5O5P.Ti/c4*1-2-7-9(6)8-3(4)5;/h4*2H2,1H3;/q;;;;+4. The molecule has 0 fully saturated rings. The van der Waals surface area contributed by atoms with Gasteiger partial charge in [-0.05, 0) is 27.7 Å². The van der Waals surface area contributed by atoms with E-state index in [4.69, 9.17) is 0 Å². The van der Waals surface area contributed by atoms with Gasteiger partial charge in [0, 0.05) is 18.3 Å². The number of rotatable bonds is 12. The normalized spacial score (nSPS) is 10.3. The van der Waals surface area contributed by atoms with Crippen LogP contribution < -0.4 is 20.4 Å². The molecule has 0 aliphatic rings. The first kappa shape index (κ1) is 45.0. The fraction of sp³-hybridized carbons (Fsp3) is 0.667. The van der Waals surface area contributed by atoms with Crippen molar-refractivity contribution in [2.75, 3.05) is 26.4 Å². The molecule has 4 unspecified atom stereocenters. The van der Waals surface area contributed by atoms with Crippen LogP contribution in [-0.2, 0) is 76.2 Å². The molecule has 0 spiro atoms. The Bertz CT molecular complexity index is 612. The van der Waals surface area contributed by atoms with Crippen molar-refractivity contribution in [2.24, 2.45) is 0 Å². The molecule has 0 saturated heterocycles. The van der Waals surface area contributed by atoms with E-state index >= 15 is 0 Å². The van der Waals surface area contributed by atoms with E-state index in [2.05, 4.69) is 36.2 Å². The summed E-state index contributed by atoms with van der Waals surface area (Å²) in [4.78, 5) is 37.9. The van der Waals surface area contributed by atoms with Gasteiger partial charge >= 0.3 is 79.4 Å². The van der Waals surface area contributed by atoms with Gasteiger partial charge in [-0.15, -0.1) is 18.1 Å². The van der Waals surface area contributed by atoms with Crippen LogP contribution in [0.3, 0.4) is 0 Å². The minimum absolute atomic E-state index is 0. The zero-order valence-corrected chi connectivity index (χ0v) is 24.4. The van der Waals surface area contributed by atoms with Gasteiger partial charge in [0.1, 0.15) is 26.4 Å². The summed E-state index contributed by atoms with van der Waals surface area (Å²) >= 11 is 0. The Morgan fingerprint density at radius 3 is 0.676 bits per heavy atom. The smallest absolute Gasteiger partial charge is 0.423 e. The quantitative estimate of drug-likeness (QED) is 0.199. The van der Waals surface area contributed by atoms with E-state index in [1.54, 1.807) is 27.7 Å². The molecule has 25 heteroatoms. The predicted molar refractivity (Wildman–Crippen MR) is 103 cm³/mol. The topological polar surface area (TPSA) is 303 Å². The van der Waals surface area contributed by atoms with Crippen molar-refractivity contribution in [2.45, 2.75) is 27.7 Å². The van der Waals surface area contributed by atoms with Crippen LogP contribution in [0.1, 0.15) is 27.7 Å². The molecule has 0 bridgehead atoms. The zero-order chi connectivity index (χ0) is 29.1. The molecule has 0 saturated carbocycles. The molecule has 20 nitrogen and oxygen atoms in total. The van der Waals surface area contributed by atoms with E-state index in [1.807, 2.05) is 0 Å². The van der Waals surface area contributed by atoms with Crippen molar-refractivity contribution < 1.29 is 116 Å². The summed E-state index contributed by atoms with van der Waals surface area (Å²) in [6.45, 7) is 6.81. The van der Waals surface area contributed by atoms with Gasteiger partial charge in [0.05, 0.1) is 0 Å². The second kappa shape index (κ2) is 32.1. The molecule has 208 valence electrons. The SMILES string of the molecule is CCO[P+](=O)OC(=O)[O-].CCO[P+](=O)OC(=O)[O-].CCO[P+](=O)OC(=O)[O-].CCO[P+](=O)OC(=O)[O-].[Ti+4]. The van der Waals surface area contributed by atoms with Crippen LogP contribution in [0, 0.1) is 0 Å². The van der Waals surface area contributed by atoms with Crippen LogP contribution in [0.25, 0.3) is 0 Å². The molecule has 0 heterocycles. The van der Waals surface area contributed by atoms with Crippen molar-refractivity contribution in [3.8, 4) is 0 Å². The second-order valence-corrected chi connectivity index (χ2v) is 7.48. The first-order valence-corrected chi connectivity index (χ1v) is 13.0. The third kappa shape index (κ3) is 51.5. The minimum Gasteiger partial charge on any atom is -0.423 e. The van der Waals surface area contributed by atoms with Gasteiger partial charge < -0.3 is 39.6 Å². The molecule has 0 aliphatic carbocycles. The van der Waals surface area contributed by atoms with Crippen LogP contribution in [-0.4, -0.2) is 51.0 Å². The Balaban J connectivity index is -0.000000122. The molecular formula is C12H20O20P4Ti+4. The number of carbonyl (C=O) groups excluding carboxylic acids is 4. The van der Waals surface area contributed by atoms with Crippen LogP contribution in [0.15, 0.2) is 0 Å². The molecular weight excluding hydrogens is 636 g/mol. The van der Waals surface area contributed by atoms with E-state index in [-0.39, 0.29) is 48.1 Å². The second-order valence-electron chi connectivity index (χ2n) is 3.93. The predicted octanol–water partition coefficient (Wildman–Crippen LogP) is 0.158. The maximum atomic E-state index is 10.1. The monoisotopic (exact) mass is 656 g/mol. The number of carbonyl (C=O) groups is 4. The van der Waals surface area contributed by atoms with E-state index in [1.165, 1.54) is 0 Å². The molecule has 0 aromatic rings. The molecule has 0 N–H and O–H groups in total. The van der Waals surface area contributed by atoms with E-state index < -0.39 is 57.6 Å². The maximum Gasteiger partial charge on any atom is 4.00 e. The largest absolute Gasteiger partial charge is 4.00 e.